The number of allylic oxidation sites excluding steroid dienone is 1. The number of hydrogen-bond acceptors (Lipinski definition) is 22. The van der Waals surface area contributed by atoms with E-state index in [2.05, 4.69) is 73.5 Å². The predicted octanol–water partition coefficient (Wildman–Crippen LogP) is -6.13. The van der Waals surface area contributed by atoms with E-state index in [4.69, 9.17) is 11.5 Å². The van der Waals surface area contributed by atoms with Crippen LogP contribution in [0.5, 0.6) is 0 Å². The fourth-order valence-corrected chi connectivity index (χ4v) is 12.5. The molecule has 3 aromatic rings. The third-order valence-corrected chi connectivity index (χ3v) is 18.2. The maximum atomic E-state index is 15.3. The lowest BCUT2D eigenvalue weighted by Crippen LogP contribution is -2.62. The molecule has 22 N–H and O–H groups in total. The van der Waals surface area contributed by atoms with Crippen LogP contribution < -0.4 is 70.0 Å². The first-order valence-electron chi connectivity index (χ1n) is 36.1. The fraction of sp³-hybridized carbons (Fsp3) is 0.535. The minimum Gasteiger partial charge on any atom is -0.480 e. The highest BCUT2D eigenvalue weighted by atomic mass is 16.4. The third-order valence-electron chi connectivity index (χ3n) is 18.2. The molecule has 2 fully saturated rings. The van der Waals surface area contributed by atoms with Crippen molar-refractivity contribution in [3.8, 4) is 0 Å². The van der Waals surface area contributed by atoms with E-state index in [1.54, 1.807) is 73.1 Å². The van der Waals surface area contributed by atoms with Gasteiger partial charge in [0.1, 0.15) is 72.2 Å². The van der Waals surface area contributed by atoms with Gasteiger partial charge in [-0.1, -0.05) is 54.6 Å². The maximum absolute atomic E-state index is 15.3. The average molecular weight is 1540 g/mol. The van der Waals surface area contributed by atoms with Gasteiger partial charge in [-0.3, -0.25) is 86.8 Å². The standard InChI is InChI=1S/C71H100N18O21/c1-39(35-90)77-60(100)48(20-8-9-26-88(33-58(96)97)34-59(98)99)80-66(106)54(36-91)85-67(107)55(37-92)86-68(108)56(38-93)87-69(109)57-23-13-27-89(57)70(110)53-31-44(95)17-10-21-47(78-40(2)94)61(101)83-52(30-43-16-11-24-74-43)65(105)81-50(28-41-14-4-3-5-15-41)63(103)79-49(22-12-25-75-71(72)73)62(102)82-51(64(104)84-53)29-42-32-76-46-19-7-6-18-45(42)46/h3-7,14-16,18-19,24,32,39,47-57,76,90-93H,8-13,17,20-23,25-31,33-38H2,1-2H3,(H,77,100)(H,78,94)(H,79,103)(H,80,106)(H,81,105)(H,82,102)(H,83,101)(H,84,104)(H,85,107)(H,86,108)(H,87,109)(H,96,97)(H,98,99)(H4,72,73,75)/t39-,47+,48+,49+,50-,51+,52+,53+,54+,55+,56+,57+/m1/s1. The lowest BCUT2D eigenvalue weighted by molar-refractivity contribution is -0.143. The number of hydrogen-bond donors (Lipinski definition) is 20. The summed E-state index contributed by atoms with van der Waals surface area (Å²) >= 11 is 0. The second-order valence-corrected chi connectivity index (χ2v) is 26.9. The van der Waals surface area contributed by atoms with Gasteiger partial charge < -0.3 is 110 Å². The first-order valence-corrected chi connectivity index (χ1v) is 36.1. The molecule has 0 bridgehead atoms. The molecular weight excluding hydrogens is 1440 g/mol. The minimum atomic E-state index is -1.97. The Balaban J connectivity index is 1.28. The summed E-state index contributed by atoms with van der Waals surface area (Å²) in [5, 5.41) is 87.4. The number of aromatic amines is 1. The molecule has 39 heteroatoms. The van der Waals surface area contributed by atoms with E-state index in [1.807, 2.05) is 0 Å². The summed E-state index contributed by atoms with van der Waals surface area (Å²) in [5.74, 6) is -15.5. The number of para-hydroxylation sites is 1. The molecule has 0 unspecified atom stereocenters. The number of rotatable bonds is 35. The summed E-state index contributed by atoms with van der Waals surface area (Å²) in [6.07, 6.45) is 3.05. The van der Waals surface area contributed by atoms with E-state index in [0.29, 0.717) is 34.1 Å². The summed E-state index contributed by atoms with van der Waals surface area (Å²) in [4.78, 5) is 222. The van der Waals surface area contributed by atoms with Crippen molar-refractivity contribution < 1.29 is 103 Å². The second kappa shape index (κ2) is 44.2. The number of aromatic nitrogens is 1. The van der Waals surface area contributed by atoms with Gasteiger partial charge in [-0.25, -0.2) is 0 Å². The molecule has 12 amide bonds. The number of aliphatic hydroxyl groups excluding tert-OH is 4. The average Bonchev–Trinajstić information content (AvgIpc) is 1.63. The van der Waals surface area contributed by atoms with Crippen LogP contribution in [0.25, 0.3) is 10.9 Å². The molecule has 0 radical (unpaired) electrons. The normalized spacial score (nSPS) is 21.0. The Labute approximate surface area is 632 Å². The second-order valence-electron chi connectivity index (χ2n) is 26.9. The zero-order valence-corrected chi connectivity index (χ0v) is 61.1. The SMILES string of the molecule is CC(=O)N[C@H]1CCCC(=O)C[C@@H](C(=O)N2CCC[C@H]2C(=O)N[C@@H](CO)C(=O)N[C@@H](CO)C(=O)N[C@@H](CO)C(=O)N[C@@H](CCCCN(CC(=O)O)CC(=O)O)C(=O)N[C@H](C)CO)NC(=O)[C@H](Cc2c[nH]c3ccccc23)NC(=O)[C@H](CCCN=C(N)N)NC(=O)[C@@H](Cc2ccccc2)NC(=O)[C@H](CC2=CCC=N2)NC1=O. The molecule has 600 valence electrons. The van der Waals surface area contributed by atoms with Crippen LogP contribution in [0.15, 0.2) is 82.6 Å². The van der Waals surface area contributed by atoms with Crippen LogP contribution >= 0.6 is 0 Å². The number of aliphatic carboxylic acids is 2. The maximum Gasteiger partial charge on any atom is 0.317 e. The number of H-pyrrole nitrogens is 1. The number of fused-ring (bicyclic) bond motifs is 1. The monoisotopic (exact) mass is 1540 g/mol. The lowest BCUT2D eigenvalue weighted by Gasteiger charge is -2.31. The molecule has 6 rings (SSSR count). The van der Waals surface area contributed by atoms with Crippen molar-refractivity contribution in [1.29, 1.82) is 0 Å². The highest BCUT2D eigenvalue weighted by molar-refractivity contribution is 6.01. The van der Waals surface area contributed by atoms with E-state index >= 15 is 14.4 Å². The number of carboxylic acid groups (broad SMARTS) is 2. The highest BCUT2D eigenvalue weighted by Crippen LogP contribution is 2.24. The molecule has 12 atom stereocenters. The number of guanidine groups is 1. The van der Waals surface area contributed by atoms with Crippen LogP contribution in [-0.2, 0) is 84.8 Å². The van der Waals surface area contributed by atoms with Gasteiger partial charge in [0.2, 0.25) is 70.9 Å². The van der Waals surface area contributed by atoms with E-state index in [0.717, 1.165) is 16.7 Å². The molecule has 0 saturated carbocycles. The molecular formula is C71H100N18O21. The van der Waals surface area contributed by atoms with Crippen LogP contribution in [0.3, 0.4) is 0 Å². The quantitative estimate of drug-likeness (QED) is 0.0148. The minimum absolute atomic E-state index is 0.0431. The number of Topliss-reactive ketones (excluding diaryl/α,β-unsaturated/α-hetero) is 1. The number of carbonyl (C=O) groups is 15. The van der Waals surface area contributed by atoms with Gasteiger partial charge in [-0.15, -0.1) is 0 Å². The first-order chi connectivity index (χ1) is 52.5. The Bertz CT molecular complexity index is 3830. The van der Waals surface area contributed by atoms with Crippen molar-refractivity contribution in [2.24, 2.45) is 21.5 Å². The Morgan fingerprint density at radius 2 is 1.20 bits per heavy atom. The number of nitrogens with two attached hydrogens (primary N) is 2. The predicted molar refractivity (Wildman–Crippen MR) is 393 cm³/mol. The van der Waals surface area contributed by atoms with Crippen molar-refractivity contribution in [3.05, 3.63) is 83.7 Å². The molecule has 4 heterocycles. The molecule has 2 saturated heterocycles. The number of likely N-dealkylation sites (tertiary alicyclic amines) is 1. The van der Waals surface area contributed by atoms with E-state index in [1.165, 1.54) is 6.92 Å². The van der Waals surface area contributed by atoms with Gasteiger partial charge in [0.15, 0.2) is 5.96 Å². The van der Waals surface area contributed by atoms with Gasteiger partial charge in [-0.2, -0.15) is 0 Å². The molecule has 2 aromatic carbocycles. The number of benzene rings is 2. The zero-order chi connectivity index (χ0) is 80.6. The number of unbranched alkanes of at least 4 members (excludes halogenated alkanes) is 1. The number of carboxylic acids is 2. The topological polar surface area (TPSA) is 609 Å². The van der Waals surface area contributed by atoms with E-state index in [-0.39, 0.29) is 103 Å². The number of nitrogens with one attached hydrogen (secondary N) is 12. The van der Waals surface area contributed by atoms with Gasteiger partial charge in [-0.05, 0) is 88.4 Å². The van der Waals surface area contributed by atoms with Crippen molar-refractivity contribution in [2.45, 2.75) is 183 Å². The number of aliphatic imine (C=N–C) groups is 2. The number of aliphatic hydroxyl groups is 4. The summed E-state index contributed by atoms with van der Waals surface area (Å²) < 4.78 is 0. The van der Waals surface area contributed by atoms with Crippen LogP contribution in [0.1, 0.15) is 108 Å². The summed E-state index contributed by atoms with van der Waals surface area (Å²) in [6.45, 7) is -2.93. The van der Waals surface area contributed by atoms with Crippen molar-refractivity contribution in [1.82, 2.24) is 73.3 Å². The fourth-order valence-electron chi connectivity index (χ4n) is 12.5. The van der Waals surface area contributed by atoms with Crippen LogP contribution in [0, 0.1) is 0 Å². The van der Waals surface area contributed by atoms with E-state index in [9.17, 15) is 88.2 Å². The molecule has 0 aliphatic carbocycles. The number of carbonyl (C=O) groups excluding carboxylic acids is 13. The number of amides is 12. The van der Waals surface area contributed by atoms with Crippen molar-refractivity contribution >= 4 is 112 Å². The molecule has 110 heavy (non-hydrogen) atoms. The molecule has 3 aliphatic heterocycles. The largest absolute Gasteiger partial charge is 0.480 e. The number of ketones is 1. The van der Waals surface area contributed by atoms with Crippen LogP contribution in [-0.4, -0.2) is 278 Å². The third kappa shape index (κ3) is 28.1. The van der Waals surface area contributed by atoms with Crippen LogP contribution in [0.4, 0.5) is 0 Å². The Hall–Kier alpha value is -11.3. The number of nitrogens with zero attached hydrogens (tertiary/aromatic N) is 4. The Morgan fingerprint density at radius 3 is 1.80 bits per heavy atom. The Morgan fingerprint density at radius 1 is 0.636 bits per heavy atom. The van der Waals surface area contributed by atoms with Gasteiger partial charge in [0, 0.05) is 93.6 Å². The summed E-state index contributed by atoms with van der Waals surface area (Å²) in [5.41, 5.74) is 13.4. The van der Waals surface area contributed by atoms with Crippen molar-refractivity contribution in [3.63, 3.8) is 0 Å². The van der Waals surface area contributed by atoms with Gasteiger partial charge >= 0.3 is 11.9 Å². The van der Waals surface area contributed by atoms with Crippen LogP contribution in [0.2, 0.25) is 0 Å². The summed E-state index contributed by atoms with van der Waals surface area (Å²) in [6, 6.07) is -3.27. The summed E-state index contributed by atoms with van der Waals surface area (Å²) in [7, 11) is 0. The Kier molecular flexibility index (Phi) is 35.2. The van der Waals surface area contributed by atoms with Gasteiger partial charge in [0.25, 0.3) is 0 Å². The smallest absolute Gasteiger partial charge is 0.317 e. The lowest BCUT2D eigenvalue weighted by atomic mass is 9.99. The molecule has 39 nitrogen and oxygen atoms in total. The highest BCUT2D eigenvalue weighted by Gasteiger charge is 2.42. The van der Waals surface area contributed by atoms with E-state index < -0.39 is 213 Å². The molecule has 0 spiro atoms. The van der Waals surface area contributed by atoms with Crippen molar-refractivity contribution in [2.75, 3.05) is 59.2 Å². The molecule has 3 aliphatic rings. The van der Waals surface area contributed by atoms with Gasteiger partial charge in [0.05, 0.1) is 39.5 Å². The molecule has 1 aromatic heterocycles. The zero-order valence-electron chi connectivity index (χ0n) is 61.1. The first kappa shape index (κ1) is 87.6.